The summed E-state index contributed by atoms with van der Waals surface area (Å²) < 4.78 is 19.1. The number of carbonyl (C=O) groups is 1. The Balaban J connectivity index is 1.48. The Morgan fingerprint density at radius 2 is 1.86 bits per heavy atom. The Hall–Kier alpha value is -3.64. The largest absolute Gasteiger partial charge is 0.489 e. The van der Waals surface area contributed by atoms with Gasteiger partial charge in [0, 0.05) is 22.2 Å². The van der Waals surface area contributed by atoms with E-state index in [0.717, 1.165) is 5.56 Å². The van der Waals surface area contributed by atoms with Gasteiger partial charge in [-0.2, -0.15) is 0 Å². The number of aromatic amines is 1. The molecule has 3 aromatic carbocycles. The summed E-state index contributed by atoms with van der Waals surface area (Å²) in [6, 6.07) is 20.7. The van der Waals surface area contributed by atoms with Crippen molar-refractivity contribution in [1.82, 2.24) is 4.98 Å². The van der Waals surface area contributed by atoms with Gasteiger partial charge in [0.2, 0.25) is 0 Å². The Bertz CT molecular complexity index is 1160. The summed E-state index contributed by atoms with van der Waals surface area (Å²) in [7, 11) is 0. The highest BCUT2D eigenvalue weighted by Gasteiger charge is 2.12. The first-order valence-electron chi connectivity index (χ1n) is 9.12. The van der Waals surface area contributed by atoms with Gasteiger partial charge in [0.25, 0.3) is 5.91 Å². The molecule has 0 aliphatic heterocycles. The quantitative estimate of drug-likeness (QED) is 0.449. The minimum absolute atomic E-state index is 0.223. The number of anilines is 1. The molecule has 0 unspecified atom stereocenters. The van der Waals surface area contributed by atoms with E-state index in [4.69, 9.17) is 4.74 Å². The van der Waals surface area contributed by atoms with Crippen LogP contribution in [0.4, 0.5) is 10.1 Å². The van der Waals surface area contributed by atoms with E-state index in [1.807, 2.05) is 30.3 Å². The van der Waals surface area contributed by atoms with Crippen molar-refractivity contribution in [2.45, 2.75) is 13.2 Å². The van der Waals surface area contributed by atoms with E-state index < -0.39 is 0 Å². The molecule has 0 bridgehead atoms. The van der Waals surface area contributed by atoms with Gasteiger partial charge in [-0.1, -0.05) is 30.3 Å². The molecular formula is C23H19FN2O3. The first-order valence-corrected chi connectivity index (χ1v) is 9.12. The zero-order valence-electron chi connectivity index (χ0n) is 15.5. The highest BCUT2D eigenvalue weighted by atomic mass is 19.1. The summed E-state index contributed by atoms with van der Waals surface area (Å²) in [5.74, 6) is -0.166. The number of amides is 1. The molecule has 146 valence electrons. The van der Waals surface area contributed by atoms with Crippen LogP contribution in [0.5, 0.6) is 5.75 Å². The fourth-order valence-corrected chi connectivity index (χ4v) is 3.08. The molecule has 29 heavy (non-hydrogen) atoms. The fourth-order valence-electron chi connectivity index (χ4n) is 3.08. The highest BCUT2D eigenvalue weighted by Crippen LogP contribution is 2.25. The molecule has 3 N–H and O–H groups in total. The van der Waals surface area contributed by atoms with Crippen LogP contribution in [0.15, 0.2) is 72.8 Å². The molecule has 4 aromatic rings. The van der Waals surface area contributed by atoms with E-state index in [2.05, 4.69) is 10.3 Å². The number of aliphatic hydroxyl groups is 1. The topological polar surface area (TPSA) is 74.3 Å². The van der Waals surface area contributed by atoms with Gasteiger partial charge in [0.15, 0.2) is 0 Å². The summed E-state index contributed by atoms with van der Waals surface area (Å²) >= 11 is 0. The van der Waals surface area contributed by atoms with Crippen molar-refractivity contribution in [3.63, 3.8) is 0 Å². The molecule has 6 heteroatoms. The lowest BCUT2D eigenvalue weighted by atomic mass is 10.1. The van der Waals surface area contributed by atoms with E-state index in [-0.39, 0.29) is 18.3 Å². The van der Waals surface area contributed by atoms with Gasteiger partial charge in [0.05, 0.1) is 6.61 Å². The van der Waals surface area contributed by atoms with Crippen LogP contribution in [0.1, 0.15) is 21.6 Å². The zero-order chi connectivity index (χ0) is 20.2. The molecule has 0 atom stereocenters. The van der Waals surface area contributed by atoms with Crippen molar-refractivity contribution in [3.8, 4) is 5.75 Å². The third-order valence-corrected chi connectivity index (χ3v) is 4.55. The predicted molar refractivity (Wildman–Crippen MR) is 109 cm³/mol. The lowest BCUT2D eigenvalue weighted by molar-refractivity contribution is 0.102. The normalized spacial score (nSPS) is 10.8. The molecule has 0 radical (unpaired) electrons. The van der Waals surface area contributed by atoms with Crippen molar-refractivity contribution in [2.75, 3.05) is 5.32 Å². The molecule has 1 heterocycles. The monoisotopic (exact) mass is 390 g/mol. The van der Waals surface area contributed by atoms with Crippen LogP contribution in [0, 0.1) is 5.82 Å². The van der Waals surface area contributed by atoms with Crippen molar-refractivity contribution >= 4 is 22.5 Å². The van der Waals surface area contributed by atoms with Gasteiger partial charge in [-0.25, -0.2) is 4.39 Å². The van der Waals surface area contributed by atoms with Crippen LogP contribution in [0.2, 0.25) is 0 Å². The van der Waals surface area contributed by atoms with Crippen LogP contribution in [-0.4, -0.2) is 16.0 Å². The molecule has 0 aliphatic carbocycles. The van der Waals surface area contributed by atoms with Crippen LogP contribution in [0.25, 0.3) is 10.9 Å². The summed E-state index contributed by atoms with van der Waals surface area (Å²) in [5, 5.41) is 13.1. The molecule has 0 saturated heterocycles. The smallest absolute Gasteiger partial charge is 0.272 e. The molecule has 1 amide bonds. The average Bonchev–Trinajstić information content (AvgIpc) is 3.17. The Morgan fingerprint density at radius 1 is 1.03 bits per heavy atom. The van der Waals surface area contributed by atoms with Crippen LogP contribution >= 0.6 is 0 Å². The summed E-state index contributed by atoms with van der Waals surface area (Å²) in [6.07, 6.45) is 0. The van der Waals surface area contributed by atoms with E-state index in [0.29, 0.717) is 40.2 Å². The molecular weight excluding hydrogens is 371 g/mol. The second-order valence-electron chi connectivity index (χ2n) is 6.62. The standard InChI is InChI=1S/C23H19FN2O3/c24-18-6-8-20-16(10-18)12-21(26-20)23(28)25-19-7-9-22(17(11-19)13-27)29-14-15-4-2-1-3-5-15/h1-12,26-27H,13-14H2,(H,25,28). The van der Waals surface area contributed by atoms with E-state index in [9.17, 15) is 14.3 Å². The first-order chi connectivity index (χ1) is 14.1. The number of hydrogen-bond acceptors (Lipinski definition) is 3. The minimum Gasteiger partial charge on any atom is -0.489 e. The second kappa shape index (κ2) is 8.16. The molecule has 0 fully saturated rings. The van der Waals surface area contributed by atoms with E-state index in [1.165, 1.54) is 12.1 Å². The van der Waals surface area contributed by atoms with E-state index >= 15 is 0 Å². The zero-order valence-corrected chi connectivity index (χ0v) is 15.5. The minimum atomic E-state index is -0.359. The summed E-state index contributed by atoms with van der Waals surface area (Å²) in [6.45, 7) is 0.157. The molecule has 5 nitrogen and oxygen atoms in total. The van der Waals surface area contributed by atoms with Gasteiger partial charge in [-0.3, -0.25) is 4.79 Å². The third-order valence-electron chi connectivity index (χ3n) is 4.55. The number of hydrogen-bond donors (Lipinski definition) is 3. The van der Waals surface area contributed by atoms with Crippen LogP contribution in [-0.2, 0) is 13.2 Å². The van der Waals surface area contributed by atoms with Gasteiger partial charge in [-0.15, -0.1) is 0 Å². The number of H-pyrrole nitrogens is 1. The molecule has 0 spiro atoms. The number of fused-ring (bicyclic) bond motifs is 1. The Labute approximate surface area is 166 Å². The molecule has 0 aliphatic rings. The lowest BCUT2D eigenvalue weighted by Gasteiger charge is -2.12. The number of aliphatic hydroxyl groups excluding tert-OH is 1. The molecule has 4 rings (SSSR count). The number of carbonyl (C=O) groups excluding carboxylic acids is 1. The van der Waals surface area contributed by atoms with Crippen molar-refractivity contribution in [3.05, 3.63) is 95.4 Å². The summed E-state index contributed by atoms with van der Waals surface area (Å²) in [4.78, 5) is 15.5. The van der Waals surface area contributed by atoms with Gasteiger partial charge < -0.3 is 20.1 Å². The van der Waals surface area contributed by atoms with Gasteiger partial charge in [-0.05, 0) is 48.0 Å². The Morgan fingerprint density at radius 3 is 2.66 bits per heavy atom. The lowest BCUT2D eigenvalue weighted by Crippen LogP contribution is -2.12. The Kier molecular flexibility index (Phi) is 5.27. The number of ether oxygens (including phenoxy) is 1. The van der Waals surface area contributed by atoms with Crippen molar-refractivity contribution < 1.29 is 19.0 Å². The predicted octanol–water partition coefficient (Wildman–Crippen LogP) is 4.63. The SMILES string of the molecule is O=C(Nc1ccc(OCc2ccccc2)c(CO)c1)c1cc2cc(F)ccc2[nH]1. The fraction of sp³-hybridized carbons (Fsp3) is 0.0870. The maximum absolute atomic E-state index is 13.3. The van der Waals surface area contributed by atoms with Crippen LogP contribution in [0.3, 0.4) is 0 Å². The molecule has 1 aromatic heterocycles. The number of halogens is 1. The van der Waals surface area contributed by atoms with Crippen molar-refractivity contribution in [1.29, 1.82) is 0 Å². The van der Waals surface area contributed by atoms with E-state index in [1.54, 1.807) is 30.3 Å². The number of aromatic nitrogens is 1. The maximum Gasteiger partial charge on any atom is 0.272 e. The molecule has 0 saturated carbocycles. The number of benzene rings is 3. The maximum atomic E-state index is 13.3. The highest BCUT2D eigenvalue weighted by molar-refractivity contribution is 6.06. The van der Waals surface area contributed by atoms with Gasteiger partial charge >= 0.3 is 0 Å². The number of nitrogens with one attached hydrogen (secondary N) is 2. The third kappa shape index (κ3) is 4.28. The van der Waals surface area contributed by atoms with Crippen molar-refractivity contribution in [2.24, 2.45) is 0 Å². The average molecular weight is 390 g/mol. The second-order valence-corrected chi connectivity index (χ2v) is 6.62. The number of rotatable bonds is 6. The first kappa shape index (κ1) is 18.7. The van der Waals surface area contributed by atoms with Crippen LogP contribution < -0.4 is 10.1 Å². The van der Waals surface area contributed by atoms with Gasteiger partial charge in [0.1, 0.15) is 23.9 Å². The summed E-state index contributed by atoms with van der Waals surface area (Å²) in [5.41, 5.74) is 3.11.